The Hall–Kier alpha value is -2.64. The molecule has 0 aliphatic rings. The Morgan fingerprint density at radius 2 is 1.55 bits per heavy atom. The van der Waals surface area contributed by atoms with Crippen LogP contribution in [0.1, 0.15) is 48.9 Å². The van der Waals surface area contributed by atoms with E-state index in [1.54, 1.807) is 0 Å². The molecule has 1 heterocycles. The molecule has 1 aromatic heterocycles. The second-order valence-electron chi connectivity index (χ2n) is 6.75. The smallest absolute Gasteiger partial charge is 0.226 e. The van der Waals surface area contributed by atoms with Crippen molar-refractivity contribution in [3.63, 3.8) is 0 Å². The molecule has 3 rings (SSSR count). The van der Waals surface area contributed by atoms with Gasteiger partial charge in [-0.05, 0) is 36.2 Å². The number of aromatic amines is 1. The number of unbranched alkanes of at least 4 members (excludes halogenated alkanes) is 3. The van der Waals surface area contributed by atoms with Crippen LogP contribution in [0, 0.1) is 3.95 Å². The highest BCUT2D eigenvalue weighted by molar-refractivity contribution is 7.73. The van der Waals surface area contributed by atoms with Gasteiger partial charge in [-0.2, -0.15) is 0 Å². The van der Waals surface area contributed by atoms with Crippen LogP contribution in [0.25, 0.3) is 11.1 Å². The van der Waals surface area contributed by atoms with Crippen LogP contribution in [-0.2, 0) is 4.79 Å². The number of hydrogen-bond donors (Lipinski definition) is 2. The Morgan fingerprint density at radius 1 is 0.897 bits per heavy atom. The van der Waals surface area contributed by atoms with Crippen molar-refractivity contribution in [3.8, 4) is 11.1 Å². The van der Waals surface area contributed by atoms with E-state index >= 15 is 0 Å². The van der Waals surface area contributed by atoms with Crippen LogP contribution >= 0.6 is 23.6 Å². The molecule has 7 heteroatoms. The van der Waals surface area contributed by atoms with Crippen LogP contribution in [0.5, 0.6) is 0 Å². The highest BCUT2D eigenvalue weighted by Crippen LogP contribution is 2.20. The summed E-state index contributed by atoms with van der Waals surface area (Å²) >= 11 is 6.17. The maximum absolute atomic E-state index is 12.4. The van der Waals surface area contributed by atoms with E-state index in [4.69, 9.17) is 12.2 Å². The first kappa shape index (κ1) is 21.1. The molecule has 5 nitrogen and oxygen atoms in total. The van der Waals surface area contributed by atoms with E-state index in [0.29, 0.717) is 21.9 Å². The van der Waals surface area contributed by atoms with Crippen molar-refractivity contribution in [1.29, 1.82) is 0 Å². The van der Waals surface area contributed by atoms with Gasteiger partial charge in [-0.1, -0.05) is 78.8 Å². The number of rotatable bonds is 10. The Balaban J connectivity index is 1.32. The van der Waals surface area contributed by atoms with Gasteiger partial charge in [0.15, 0.2) is 9.74 Å². The fourth-order valence-electron chi connectivity index (χ4n) is 3.01. The van der Waals surface area contributed by atoms with Crippen molar-refractivity contribution < 1.29 is 9.59 Å². The average Bonchev–Trinajstić information content (AvgIpc) is 3.15. The molecule has 150 valence electrons. The van der Waals surface area contributed by atoms with Crippen molar-refractivity contribution >= 4 is 40.4 Å². The number of nitrogens with one attached hydrogen (secondary N) is 2. The van der Waals surface area contributed by atoms with Crippen LogP contribution in [0.2, 0.25) is 0 Å². The van der Waals surface area contributed by atoms with E-state index in [1.165, 1.54) is 11.3 Å². The molecule has 0 saturated carbocycles. The number of Topliss-reactive ketones (excluding diaryl/α,β-unsaturated/α-hetero) is 1. The molecule has 0 atom stereocenters. The number of amides is 1. The maximum atomic E-state index is 12.4. The fraction of sp³-hybridized carbons (Fsp3) is 0.273. The zero-order valence-corrected chi connectivity index (χ0v) is 17.7. The molecule has 0 aliphatic carbocycles. The third kappa shape index (κ3) is 6.73. The van der Waals surface area contributed by atoms with Gasteiger partial charge in [-0.25, -0.2) is 0 Å². The Morgan fingerprint density at radius 3 is 2.21 bits per heavy atom. The number of aromatic nitrogens is 2. The average molecular weight is 426 g/mol. The number of carbonyl (C=O) groups excluding carboxylic acids is 2. The summed E-state index contributed by atoms with van der Waals surface area (Å²) in [4.78, 5) is 24.2. The first-order chi connectivity index (χ1) is 14.1. The van der Waals surface area contributed by atoms with Crippen molar-refractivity contribution in [1.82, 2.24) is 10.2 Å². The standard InChI is InChI=1S/C22H23N3O2S2/c26-19(18-14-12-17(13-15-18)16-8-4-3-5-9-16)10-6-1-2-7-11-20(27)23-21-24-25-22(28)29-21/h3-5,8-9,12-15H,1-2,6-7,10-11H2,(H,25,28)(H,23,24,27). The van der Waals surface area contributed by atoms with Crippen LogP contribution in [0.15, 0.2) is 54.6 Å². The van der Waals surface area contributed by atoms with Gasteiger partial charge in [0.2, 0.25) is 11.0 Å². The van der Waals surface area contributed by atoms with Gasteiger partial charge in [-0.15, -0.1) is 5.10 Å². The lowest BCUT2D eigenvalue weighted by molar-refractivity contribution is -0.116. The highest BCUT2D eigenvalue weighted by atomic mass is 32.1. The molecule has 0 bridgehead atoms. The molecule has 0 radical (unpaired) electrons. The highest BCUT2D eigenvalue weighted by Gasteiger charge is 2.07. The number of hydrogen-bond acceptors (Lipinski definition) is 5. The van der Waals surface area contributed by atoms with Gasteiger partial charge in [0.05, 0.1) is 0 Å². The van der Waals surface area contributed by atoms with Crippen LogP contribution in [0.4, 0.5) is 5.13 Å². The van der Waals surface area contributed by atoms with Crippen molar-refractivity contribution in [2.45, 2.75) is 38.5 Å². The lowest BCUT2D eigenvalue weighted by Gasteiger charge is -2.05. The van der Waals surface area contributed by atoms with E-state index in [1.807, 2.05) is 42.5 Å². The second-order valence-corrected chi connectivity index (χ2v) is 8.41. The van der Waals surface area contributed by atoms with Crippen LogP contribution in [-0.4, -0.2) is 21.9 Å². The molecule has 0 saturated heterocycles. The lowest BCUT2D eigenvalue weighted by atomic mass is 10.00. The van der Waals surface area contributed by atoms with Gasteiger partial charge < -0.3 is 5.32 Å². The van der Waals surface area contributed by atoms with E-state index in [9.17, 15) is 9.59 Å². The topological polar surface area (TPSA) is 74.8 Å². The molecular weight excluding hydrogens is 402 g/mol. The zero-order valence-electron chi connectivity index (χ0n) is 16.0. The molecule has 3 aromatic rings. The summed E-state index contributed by atoms with van der Waals surface area (Å²) in [5.74, 6) is 0.111. The van der Waals surface area contributed by atoms with E-state index in [0.717, 1.165) is 42.4 Å². The number of carbonyl (C=O) groups is 2. The fourth-order valence-corrected chi connectivity index (χ4v) is 3.82. The SMILES string of the molecule is O=C(CCCCCCC(=O)c1ccc(-c2ccccc2)cc1)Nc1n[nH]c(=S)s1. The monoisotopic (exact) mass is 425 g/mol. The molecule has 0 fully saturated rings. The third-order valence-electron chi connectivity index (χ3n) is 4.56. The van der Waals surface area contributed by atoms with Gasteiger partial charge in [0.1, 0.15) is 0 Å². The normalized spacial score (nSPS) is 10.6. The quantitative estimate of drug-likeness (QED) is 0.236. The van der Waals surface area contributed by atoms with Crippen molar-refractivity contribution in [2.24, 2.45) is 0 Å². The van der Waals surface area contributed by atoms with Gasteiger partial charge >= 0.3 is 0 Å². The summed E-state index contributed by atoms with van der Waals surface area (Å²) in [6, 6.07) is 17.9. The molecule has 29 heavy (non-hydrogen) atoms. The molecule has 2 aromatic carbocycles. The van der Waals surface area contributed by atoms with Gasteiger partial charge in [-0.3, -0.25) is 14.7 Å². The summed E-state index contributed by atoms with van der Waals surface area (Å²) < 4.78 is 0.541. The minimum atomic E-state index is -0.0580. The van der Waals surface area contributed by atoms with E-state index in [2.05, 4.69) is 27.6 Å². The number of anilines is 1. The van der Waals surface area contributed by atoms with Gasteiger partial charge in [0.25, 0.3) is 0 Å². The van der Waals surface area contributed by atoms with Crippen LogP contribution < -0.4 is 5.32 Å². The van der Waals surface area contributed by atoms with Crippen molar-refractivity contribution in [2.75, 3.05) is 5.32 Å². The summed E-state index contributed by atoms with van der Waals surface area (Å²) in [5, 5.41) is 9.76. The number of nitrogens with zero attached hydrogens (tertiary/aromatic N) is 1. The number of H-pyrrole nitrogens is 1. The van der Waals surface area contributed by atoms with Gasteiger partial charge in [0, 0.05) is 18.4 Å². The molecule has 1 amide bonds. The molecule has 0 spiro atoms. The first-order valence-corrected chi connectivity index (χ1v) is 10.9. The summed E-state index contributed by atoms with van der Waals surface area (Å²) in [6.07, 6.45) is 4.46. The first-order valence-electron chi connectivity index (χ1n) is 9.66. The lowest BCUT2D eigenvalue weighted by Crippen LogP contribution is -2.10. The summed E-state index contributed by atoms with van der Waals surface area (Å²) in [7, 11) is 0. The predicted octanol–water partition coefficient (Wildman–Crippen LogP) is 6.03. The number of benzene rings is 2. The maximum Gasteiger partial charge on any atom is 0.226 e. The minimum Gasteiger partial charge on any atom is -0.301 e. The van der Waals surface area contributed by atoms with Crippen molar-refractivity contribution in [3.05, 3.63) is 64.1 Å². The molecular formula is C22H23N3O2S2. The zero-order chi connectivity index (χ0) is 20.5. The number of ketones is 1. The van der Waals surface area contributed by atoms with E-state index < -0.39 is 0 Å². The Labute approximate surface area is 179 Å². The molecule has 0 aliphatic heterocycles. The molecule has 2 N–H and O–H groups in total. The second kappa shape index (κ2) is 10.8. The summed E-state index contributed by atoms with van der Waals surface area (Å²) in [5.41, 5.74) is 3.01. The Bertz CT molecular complexity index is 995. The third-order valence-corrected chi connectivity index (χ3v) is 5.56. The minimum absolute atomic E-state index is 0.0580. The van der Waals surface area contributed by atoms with Crippen LogP contribution in [0.3, 0.4) is 0 Å². The largest absolute Gasteiger partial charge is 0.301 e. The predicted molar refractivity (Wildman–Crippen MR) is 120 cm³/mol. The molecule has 0 unspecified atom stereocenters. The Kier molecular flexibility index (Phi) is 7.84. The summed E-state index contributed by atoms with van der Waals surface area (Å²) in [6.45, 7) is 0. The van der Waals surface area contributed by atoms with E-state index in [-0.39, 0.29) is 11.7 Å².